The molecule has 2 aromatic heterocycles. The number of methoxy groups -OCH3 is 1. The van der Waals surface area contributed by atoms with Crippen LogP contribution in [0.2, 0.25) is 0 Å². The summed E-state index contributed by atoms with van der Waals surface area (Å²) in [6.07, 6.45) is 1.79. The van der Waals surface area contributed by atoms with Crippen LogP contribution < -0.4 is 5.56 Å². The summed E-state index contributed by atoms with van der Waals surface area (Å²) in [4.78, 5) is 16.9. The molecule has 27 heavy (non-hydrogen) atoms. The predicted octanol–water partition coefficient (Wildman–Crippen LogP) is 3.01. The minimum Gasteiger partial charge on any atom is -0.383 e. The van der Waals surface area contributed by atoms with Gasteiger partial charge in [-0.3, -0.25) is 9.36 Å². The van der Waals surface area contributed by atoms with Crippen molar-refractivity contribution in [2.75, 3.05) is 13.7 Å². The van der Waals surface area contributed by atoms with Crippen LogP contribution in [0.15, 0.2) is 47.4 Å². The molecule has 0 aliphatic rings. The summed E-state index contributed by atoms with van der Waals surface area (Å²) in [5.74, 6) is 7.13. The number of pyridine rings is 1. The number of hydrogen-bond donors (Lipinski definition) is 0. The maximum atomic E-state index is 12.3. The molecule has 1 aromatic carbocycles. The van der Waals surface area contributed by atoms with Crippen LogP contribution in [0, 0.1) is 32.6 Å². The maximum absolute atomic E-state index is 12.3. The van der Waals surface area contributed by atoms with E-state index in [-0.39, 0.29) is 5.56 Å². The van der Waals surface area contributed by atoms with Crippen LogP contribution in [0.4, 0.5) is 0 Å². The molecule has 0 amide bonds. The SMILES string of the molecule is COCCn1ccc(-n2c(C)nc(C#Cc3cccc(C)c3)c2C)cc1=O. The quantitative estimate of drug-likeness (QED) is 0.671. The lowest BCUT2D eigenvalue weighted by atomic mass is 10.1. The van der Waals surface area contributed by atoms with Gasteiger partial charge in [-0.25, -0.2) is 4.98 Å². The molecule has 0 spiro atoms. The van der Waals surface area contributed by atoms with Crippen LogP contribution in [0.25, 0.3) is 5.69 Å². The maximum Gasteiger partial charge on any atom is 0.252 e. The smallest absolute Gasteiger partial charge is 0.252 e. The lowest BCUT2D eigenvalue weighted by Crippen LogP contribution is -2.21. The van der Waals surface area contributed by atoms with Crippen molar-refractivity contribution in [3.63, 3.8) is 0 Å². The van der Waals surface area contributed by atoms with Crippen LogP contribution in [0.5, 0.6) is 0 Å². The summed E-state index contributed by atoms with van der Waals surface area (Å²) in [7, 11) is 1.62. The molecule has 0 atom stereocenters. The number of imidazole rings is 1. The van der Waals surface area contributed by atoms with Gasteiger partial charge in [-0.15, -0.1) is 0 Å². The number of nitrogens with zero attached hydrogens (tertiary/aromatic N) is 3. The van der Waals surface area contributed by atoms with Crippen molar-refractivity contribution in [1.82, 2.24) is 14.1 Å². The number of aromatic nitrogens is 3. The van der Waals surface area contributed by atoms with E-state index in [1.165, 1.54) is 5.56 Å². The third-order valence-electron chi connectivity index (χ3n) is 4.39. The van der Waals surface area contributed by atoms with Crippen LogP contribution in [-0.4, -0.2) is 27.8 Å². The third-order valence-corrected chi connectivity index (χ3v) is 4.39. The van der Waals surface area contributed by atoms with Gasteiger partial charge >= 0.3 is 0 Å². The summed E-state index contributed by atoms with van der Waals surface area (Å²) in [5, 5.41) is 0. The van der Waals surface area contributed by atoms with Crippen LogP contribution in [0.1, 0.15) is 28.3 Å². The third kappa shape index (κ3) is 4.18. The second-order valence-corrected chi connectivity index (χ2v) is 6.46. The van der Waals surface area contributed by atoms with Gasteiger partial charge in [0.2, 0.25) is 0 Å². The molecular formula is C22H23N3O2. The van der Waals surface area contributed by atoms with Gasteiger partial charge in [0.05, 0.1) is 18.0 Å². The van der Waals surface area contributed by atoms with Crippen molar-refractivity contribution in [1.29, 1.82) is 0 Å². The first kappa shape index (κ1) is 18.7. The number of hydrogen-bond acceptors (Lipinski definition) is 3. The van der Waals surface area contributed by atoms with Crippen molar-refractivity contribution in [3.05, 3.63) is 81.3 Å². The molecule has 0 unspecified atom stereocenters. The van der Waals surface area contributed by atoms with Gasteiger partial charge in [0.25, 0.3) is 5.56 Å². The van der Waals surface area contributed by atoms with Crippen molar-refractivity contribution >= 4 is 0 Å². The second-order valence-electron chi connectivity index (χ2n) is 6.46. The zero-order valence-electron chi connectivity index (χ0n) is 16.1. The summed E-state index contributed by atoms with van der Waals surface area (Å²) in [6, 6.07) is 11.6. The lowest BCUT2D eigenvalue weighted by Gasteiger charge is -2.10. The molecule has 0 aliphatic heterocycles. The highest BCUT2D eigenvalue weighted by molar-refractivity contribution is 5.46. The Balaban J connectivity index is 1.95. The first-order valence-corrected chi connectivity index (χ1v) is 8.84. The Hall–Kier alpha value is -3.10. The fourth-order valence-electron chi connectivity index (χ4n) is 3.01. The highest BCUT2D eigenvalue weighted by Crippen LogP contribution is 2.16. The molecule has 5 nitrogen and oxygen atoms in total. The number of benzene rings is 1. The van der Waals surface area contributed by atoms with Crippen molar-refractivity contribution < 1.29 is 4.74 Å². The average Bonchev–Trinajstić information content (AvgIpc) is 2.92. The Morgan fingerprint density at radius 3 is 2.63 bits per heavy atom. The molecule has 0 N–H and O–H groups in total. The molecule has 0 aliphatic carbocycles. The molecule has 0 saturated carbocycles. The number of rotatable bonds is 4. The highest BCUT2D eigenvalue weighted by atomic mass is 16.5. The topological polar surface area (TPSA) is 49.0 Å². The molecule has 138 valence electrons. The first-order chi connectivity index (χ1) is 13.0. The first-order valence-electron chi connectivity index (χ1n) is 8.84. The van der Waals surface area contributed by atoms with E-state index >= 15 is 0 Å². The largest absolute Gasteiger partial charge is 0.383 e. The number of aryl methyl sites for hydroxylation is 2. The Morgan fingerprint density at radius 1 is 1.11 bits per heavy atom. The van der Waals surface area contributed by atoms with E-state index in [0.717, 1.165) is 28.5 Å². The molecule has 2 heterocycles. The van der Waals surface area contributed by atoms with Crippen molar-refractivity contribution in [2.24, 2.45) is 0 Å². The zero-order chi connectivity index (χ0) is 19.4. The van der Waals surface area contributed by atoms with Crippen LogP contribution in [-0.2, 0) is 11.3 Å². The summed E-state index contributed by atoms with van der Waals surface area (Å²) >= 11 is 0. The standard InChI is InChI=1S/C22H23N3O2/c1-16-6-5-7-19(14-16)8-9-21-17(2)25(18(3)23-21)20-10-11-24(12-13-27-4)22(26)15-20/h5-7,10-11,14-15H,12-13H2,1-4H3. The fraction of sp³-hybridized carbons (Fsp3) is 0.273. The van der Waals surface area contributed by atoms with E-state index in [1.807, 2.05) is 55.7 Å². The molecule has 3 rings (SSSR count). The van der Waals surface area contributed by atoms with Gasteiger partial charge in [-0.1, -0.05) is 18.1 Å². The minimum atomic E-state index is -0.0653. The Morgan fingerprint density at radius 2 is 1.93 bits per heavy atom. The zero-order valence-corrected chi connectivity index (χ0v) is 16.1. The average molecular weight is 361 g/mol. The van der Waals surface area contributed by atoms with E-state index in [9.17, 15) is 4.79 Å². The van der Waals surface area contributed by atoms with Gasteiger partial charge in [0.1, 0.15) is 11.5 Å². The molecule has 0 saturated heterocycles. The Bertz CT molecular complexity index is 1080. The van der Waals surface area contributed by atoms with Gasteiger partial charge < -0.3 is 9.30 Å². The summed E-state index contributed by atoms with van der Waals surface area (Å²) < 4.78 is 8.63. The van der Waals surface area contributed by atoms with E-state index in [0.29, 0.717) is 13.2 Å². The van der Waals surface area contributed by atoms with Crippen molar-refractivity contribution in [2.45, 2.75) is 27.3 Å². The van der Waals surface area contributed by atoms with Crippen molar-refractivity contribution in [3.8, 4) is 17.5 Å². The minimum absolute atomic E-state index is 0.0653. The van der Waals surface area contributed by atoms with Crippen LogP contribution in [0.3, 0.4) is 0 Å². The highest BCUT2D eigenvalue weighted by Gasteiger charge is 2.12. The summed E-state index contributed by atoms with van der Waals surface area (Å²) in [5.41, 5.74) is 4.50. The molecule has 0 radical (unpaired) electrons. The molecule has 0 bridgehead atoms. The monoisotopic (exact) mass is 361 g/mol. The van der Waals surface area contributed by atoms with E-state index in [4.69, 9.17) is 4.74 Å². The molecule has 3 aromatic rings. The fourth-order valence-corrected chi connectivity index (χ4v) is 3.01. The Kier molecular flexibility index (Phi) is 5.58. The second kappa shape index (κ2) is 8.07. The van der Waals surface area contributed by atoms with Gasteiger partial charge in [0, 0.05) is 31.5 Å². The van der Waals surface area contributed by atoms with Gasteiger partial charge in [-0.2, -0.15) is 0 Å². The normalized spacial score (nSPS) is 10.5. The predicted molar refractivity (Wildman–Crippen MR) is 106 cm³/mol. The van der Waals surface area contributed by atoms with E-state index < -0.39 is 0 Å². The van der Waals surface area contributed by atoms with E-state index in [1.54, 1.807) is 23.9 Å². The lowest BCUT2D eigenvalue weighted by molar-refractivity contribution is 0.186. The molecule has 0 fully saturated rings. The molecular weight excluding hydrogens is 338 g/mol. The van der Waals surface area contributed by atoms with Gasteiger partial charge in [-0.05, 0) is 50.5 Å². The van der Waals surface area contributed by atoms with Gasteiger partial charge in [0.15, 0.2) is 0 Å². The summed E-state index contributed by atoms with van der Waals surface area (Å²) in [6.45, 7) is 6.97. The van der Waals surface area contributed by atoms with Crippen LogP contribution >= 0.6 is 0 Å². The number of ether oxygens (including phenoxy) is 1. The molecule has 5 heteroatoms. The van der Waals surface area contributed by atoms with E-state index in [2.05, 4.69) is 16.8 Å². The Labute approximate surface area is 159 Å².